The summed E-state index contributed by atoms with van der Waals surface area (Å²) in [6.45, 7) is 3.97. The fourth-order valence-corrected chi connectivity index (χ4v) is 3.53. The summed E-state index contributed by atoms with van der Waals surface area (Å²) in [7, 11) is 0. The van der Waals surface area contributed by atoms with Crippen LogP contribution in [0.5, 0.6) is 0 Å². The molecule has 0 aliphatic carbocycles. The van der Waals surface area contributed by atoms with Crippen molar-refractivity contribution in [3.8, 4) is 11.1 Å². The SMILES string of the molecule is Cc1ccc2nc(C)c(C(=O)C=Cc3ccccc3)c(-c3ccccc3)c2c1. The van der Waals surface area contributed by atoms with Crippen molar-refractivity contribution >= 4 is 22.8 Å². The fraction of sp³-hybridized carbons (Fsp3) is 0.0769. The molecule has 1 aromatic heterocycles. The number of hydrogen-bond donors (Lipinski definition) is 0. The van der Waals surface area contributed by atoms with E-state index in [4.69, 9.17) is 4.98 Å². The van der Waals surface area contributed by atoms with E-state index < -0.39 is 0 Å². The Bertz CT molecular complexity index is 1180. The summed E-state index contributed by atoms with van der Waals surface area (Å²) < 4.78 is 0. The highest BCUT2D eigenvalue weighted by molar-refractivity contribution is 6.16. The van der Waals surface area contributed by atoms with Crippen LogP contribution in [0.2, 0.25) is 0 Å². The molecule has 0 radical (unpaired) electrons. The van der Waals surface area contributed by atoms with Crippen LogP contribution < -0.4 is 0 Å². The number of benzene rings is 3. The molecule has 0 aliphatic rings. The van der Waals surface area contributed by atoms with Crippen LogP contribution >= 0.6 is 0 Å². The molecule has 0 N–H and O–H groups in total. The molecule has 0 unspecified atom stereocenters. The zero-order valence-electron chi connectivity index (χ0n) is 16.0. The molecule has 4 aromatic rings. The van der Waals surface area contributed by atoms with Crippen LogP contribution in [0.25, 0.3) is 28.1 Å². The highest BCUT2D eigenvalue weighted by Crippen LogP contribution is 2.34. The minimum Gasteiger partial charge on any atom is -0.289 e. The predicted octanol–water partition coefficient (Wildman–Crippen LogP) is 6.41. The molecule has 0 spiro atoms. The second-order valence-electron chi connectivity index (χ2n) is 6.94. The summed E-state index contributed by atoms with van der Waals surface area (Å²) in [6.07, 6.45) is 3.50. The zero-order valence-corrected chi connectivity index (χ0v) is 16.0. The van der Waals surface area contributed by atoms with Gasteiger partial charge in [0.2, 0.25) is 0 Å². The van der Waals surface area contributed by atoms with Gasteiger partial charge in [0.25, 0.3) is 0 Å². The quantitative estimate of drug-likeness (QED) is 0.309. The van der Waals surface area contributed by atoms with E-state index in [1.54, 1.807) is 6.08 Å². The molecule has 2 heteroatoms. The molecule has 0 atom stereocenters. The van der Waals surface area contributed by atoms with Crippen LogP contribution in [0, 0.1) is 13.8 Å². The summed E-state index contributed by atoms with van der Waals surface area (Å²) in [5, 5.41) is 1.01. The largest absolute Gasteiger partial charge is 0.289 e. The number of fused-ring (bicyclic) bond motifs is 1. The Balaban J connectivity index is 1.93. The number of hydrogen-bond acceptors (Lipinski definition) is 2. The molecular formula is C26H21NO. The normalized spacial score (nSPS) is 11.2. The number of carbonyl (C=O) groups is 1. The Labute approximate surface area is 165 Å². The maximum atomic E-state index is 13.2. The molecule has 4 rings (SSSR count). The van der Waals surface area contributed by atoms with Gasteiger partial charge in [0.05, 0.1) is 11.1 Å². The van der Waals surface area contributed by atoms with E-state index in [-0.39, 0.29) is 5.78 Å². The van der Waals surface area contributed by atoms with Crippen molar-refractivity contribution < 1.29 is 4.79 Å². The molecule has 0 saturated heterocycles. The lowest BCUT2D eigenvalue weighted by Crippen LogP contribution is -2.05. The van der Waals surface area contributed by atoms with Crippen LogP contribution in [0.3, 0.4) is 0 Å². The molecule has 0 bridgehead atoms. The summed E-state index contributed by atoms with van der Waals surface area (Å²) in [5.74, 6) is -0.0314. The number of aromatic nitrogens is 1. The van der Waals surface area contributed by atoms with Gasteiger partial charge < -0.3 is 0 Å². The maximum Gasteiger partial charge on any atom is 0.188 e. The third kappa shape index (κ3) is 3.49. The minimum atomic E-state index is -0.0314. The number of rotatable bonds is 4. The van der Waals surface area contributed by atoms with Gasteiger partial charge in [0, 0.05) is 16.6 Å². The second-order valence-corrected chi connectivity index (χ2v) is 6.94. The third-order valence-corrected chi connectivity index (χ3v) is 4.86. The van der Waals surface area contributed by atoms with E-state index in [1.165, 1.54) is 0 Å². The molecule has 28 heavy (non-hydrogen) atoms. The van der Waals surface area contributed by atoms with Gasteiger partial charge >= 0.3 is 0 Å². The van der Waals surface area contributed by atoms with Gasteiger partial charge in [0.15, 0.2) is 5.78 Å². The van der Waals surface area contributed by atoms with Crippen molar-refractivity contribution in [3.05, 3.63) is 107 Å². The number of carbonyl (C=O) groups excluding carboxylic acids is 1. The van der Waals surface area contributed by atoms with Crippen LogP contribution in [-0.2, 0) is 0 Å². The van der Waals surface area contributed by atoms with Crippen LogP contribution in [0.1, 0.15) is 27.2 Å². The average Bonchev–Trinajstić information content (AvgIpc) is 2.73. The summed E-state index contributed by atoms with van der Waals surface area (Å²) >= 11 is 0. The number of allylic oxidation sites excluding steroid dienone is 1. The van der Waals surface area contributed by atoms with E-state index >= 15 is 0 Å². The first-order chi connectivity index (χ1) is 13.6. The van der Waals surface area contributed by atoms with Crippen LogP contribution in [-0.4, -0.2) is 10.8 Å². The van der Waals surface area contributed by atoms with Crippen molar-refractivity contribution in [2.75, 3.05) is 0 Å². The van der Waals surface area contributed by atoms with Gasteiger partial charge in [-0.1, -0.05) is 78.4 Å². The zero-order chi connectivity index (χ0) is 19.5. The first-order valence-corrected chi connectivity index (χ1v) is 9.37. The van der Waals surface area contributed by atoms with Gasteiger partial charge in [-0.25, -0.2) is 0 Å². The smallest absolute Gasteiger partial charge is 0.188 e. The molecule has 136 valence electrons. The Morgan fingerprint density at radius 1 is 0.857 bits per heavy atom. The number of pyridine rings is 1. The van der Waals surface area contributed by atoms with Gasteiger partial charge in [-0.2, -0.15) is 0 Å². The minimum absolute atomic E-state index is 0.0314. The van der Waals surface area contributed by atoms with Gasteiger partial charge in [-0.3, -0.25) is 9.78 Å². The van der Waals surface area contributed by atoms with E-state index in [0.29, 0.717) is 5.56 Å². The van der Waals surface area contributed by atoms with E-state index in [2.05, 4.69) is 19.1 Å². The topological polar surface area (TPSA) is 30.0 Å². The lowest BCUT2D eigenvalue weighted by Gasteiger charge is -2.14. The van der Waals surface area contributed by atoms with Crippen molar-refractivity contribution in [1.82, 2.24) is 4.98 Å². The molecule has 3 aromatic carbocycles. The van der Waals surface area contributed by atoms with Gasteiger partial charge in [-0.05, 0) is 43.2 Å². The van der Waals surface area contributed by atoms with Crippen molar-refractivity contribution in [2.24, 2.45) is 0 Å². The molecule has 0 amide bonds. The summed E-state index contributed by atoms with van der Waals surface area (Å²) in [5.41, 5.74) is 6.45. The standard InChI is InChI=1S/C26H21NO/c1-18-13-15-23-22(17-18)26(21-11-7-4-8-12-21)25(19(2)27-23)24(28)16-14-20-9-5-3-6-10-20/h3-17H,1-2H3. The van der Waals surface area contributed by atoms with Crippen LogP contribution in [0.4, 0.5) is 0 Å². The monoisotopic (exact) mass is 363 g/mol. The Morgan fingerprint density at radius 3 is 2.25 bits per heavy atom. The van der Waals surface area contributed by atoms with Crippen LogP contribution in [0.15, 0.2) is 84.9 Å². The van der Waals surface area contributed by atoms with Crippen molar-refractivity contribution in [3.63, 3.8) is 0 Å². The molecule has 0 fully saturated rings. The van der Waals surface area contributed by atoms with E-state index in [9.17, 15) is 4.79 Å². The number of ketones is 1. The van der Waals surface area contributed by atoms with Crippen molar-refractivity contribution in [2.45, 2.75) is 13.8 Å². The van der Waals surface area contributed by atoms with Crippen molar-refractivity contribution in [1.29, 1.82) is 0 Å². The highest BCUT2D eigenvalue weighted by Gasteiger charge is 2.18. The number of nitrogens with zero attached hydrogens (tertiary/aromatic N) is 1. The molecule has 2 nitrogen and oxygen atoms in total. The first kappa shape index (κ1) is 17.9. The molecular weight excluding hydrogens is 342 g/mol. The predicted molar refractivity (Wildman–Crippen MR) is 116 cm³/mol. The van der Waals surface area contributed by atoms with Gasteiger partial charge in [0.1, 0.15) is 0 Å². The fourth-order valence-electron chi connectivity index (χ4n) is 3.53. The lowest BCUT2D eigenvalue weighted by molar-refractivity contribution is 0.104. The number of aryl methyl sites for hydroxylation is 2. The van der Waals surface area contributed by atoms with E-state index in [0.717, 1.165) is 38.9 Å². The second kappa shape index (κ2) is 7.61. The third-order valence-electron chi connectivity index (χ3n) is 4.86. The molecule has 1 heterocycles. The van der Waals surface area contributed by atoms with Gasteiger partial charge in [-0.15, -0.1) is 0 Å². The summed E-state index contributed by atoms with van der Waals surface area (Å²) in [4.78, 5) is 18.0. The molecule has 0 saturated carbocycles. The van der Waals surface area contributed by atoms with E-state index in [1.807, 2.05) is 79.7 Å². The maximum absolute atomic E-state index is 13.2. The first-order valence-electron chi connectivity index (χ1n) is 9.37. The Morgan fingerprint density at radius 2 is 1.54 bits per heavy atom. The lowest BCUT2D eigenvalue weighted by atomic mass is 9.91. The highest BCUT2D eigenvalue weighted by atomic mass is 16.1. The Kier molecular flexibility index (Phi) is 4.86. The molecule has 0 aliphatic heterocycles. The summed E-state index contributed by atoms with van der Waals surface area (Å²) in [6, 6.07) is 26.1. The Hall–Kier alpha value is -3.52. The average molecular weight is 363 g/mol.